The van der Waals surface area contributed by atoms with Crippen molar-refractivity contribution in [2.24, 2.45) is 11.8 Å². The van der Waals surface area contributed by atoms with Crippen LogP contribution in [0, 0.1) is 11.8 Å². The molecule has 3 aromatic heterocycles. The van der Waals surface area contributed by atoms with Gasteiger partial charge in [0.25, 0.3) is 11.5 Å². The van der Waals surface area contributed by atoms with Gasteiger partial charge in [-0.2, -0.15) is 9.61 Å². The number of nitrogens with one attached hydrogen (secondary N) is 3. The van der Waals surface area contributed by atoms with Crippen LogP contribution in [0.15, 0.2) is 35.4 Å². The number of amides is 1. The number of hydrogen-bond donors (Lipinski definition) is 3. The molecule has 1 saturated heterocycles. The zero-order valence-corrected chi connectivity index (χ0v) is 18.3. The third-order valence-corrected chi connectivity index (χ3v) is 6.79. The van der Waals surface area contributed by atoms with Crippen molar-refractivity contribution in [2.45, 2.75) is 24.6 Å². The summed E-state index contributed by atoms with van der Waals surface area (Å²) in [6.45, 7) is 1.42. The van der Waals surface area contributed by atoms with E-state index in [2.05, 4.69) is 26.0 Å². The number of pyridine rings is 1. The van der Waals surface area contributed by atoms with Gasteiger partial charge in [0.1, 0.15) is 22.9 Å². The minimum absolute atomic E-state index is 0.00219. The summed E-state index contributed by atoms with van der Waals surface area (Å²) in [5.74, 6) is 1.65. The molecule has 11 nitrogen and oxygen atoms in total. The van der Waals surface area contributed by atoms with Crippen molar-refractivity contribution in [3.63, 3.8) is 0 Å². The van der Waals surface area contributed by atoms with E-state index in [4.69, 9.17) is 9.47 Å². The van der Waals surface area contributed by atoms with E-state index in [1.807, 2.05) is 12.3 Å². The lowest BCUT2D eigenvalue weighted by atomic mass is 10.3. The van der Waals surface area contributed by atoms with Crippen molar-refractivity contribution in [1.82, 2.24) is 24.5 Å². The average molecular weight is 451 g/mol. The molecule has 3 aromatic rings. The van der Waals surface area contributed by atoms with E-state index >= 15 is 0 Å². The number of rotatable bonds is 7. The fourth-order valence-electron chi connectivity index (χ4n) is 4.80. The molecule has 0 bridgehead atoms. The first-order valence-electron chi connectivity index (χ1n) is 11.0. The predicted molar refractivity (Wildman–Crippen MR) is 120 cm³/mol. The first-order chi connectivity index (χ1) is 16.1. The second-order valence-electron chi connectivity index (χ2n) is 8.78. The quantitative estimate of drug-likeness (QED) is 0.486. The Morgan fingerprint density at radius 3 is 2.85 bits per heavy atom. The van der Waals surface area contributed by atoms with Crippen molar-refractivity contribution < 1.29 is 14.3 Å². The molecule has 0 spiro atoms. The van der Waals surface area contributed by atoms with Crippen LogP contribution >= 0.6 is 0 Å². The monoisotopic (exact) mass is 451 g/mol. The molecule has 3 fully saturated rings. The van der Waals surface area contributed by atoms with Gasteiger partial charge < -0.3 is 30.0 Å². The number of hydrogen-bond acceptors (Lipinski definition) is 8. The highest BCUT2D eigenvalue weighted by atomic mass is 16.5. The Kier molecular flexibility index (Phi) is 4.63. The van der Waals surface area contributed by atoms with E-state index in [0.29, 0.717) is 53.6 Å². The summed E-state index contributed by atoms with van der Waals surface area (Å²) in [7, 11) is 3.39. The van der Waals surface area contributed by atoms with E-state index in [1.165, 1.54) is 6.20 Å². The van der Waals surface area contributed by atoms with Gasteiger partial charge in [0.15, 0.2) is 5.65 Å². The van der Waals surface area contributed by atoms with Gasteiger partial charge in [-0.05, 0) is 18.6 Å². The van der Waals surface area contributed by atoms with Crippen LogP contribution in [0.2, 0.25) is 0 Å². The number of anilines is 3. The summed E-state index contributed by atoms with van der Waals surface area (Å²) < 4.78 is 14.1. The first kappa shape index (κ1) is 20.2. The number of nitrogens with zero attached hydrogens (tertiary/aromatic N) is 4. The van der Waals surface area contributed by atoms with Gasteiger partial charge in [-0.3, -0.25) is 9.59 Å². The second kappa shape index (κ2) is 7.56. The molecule has 11 heteroatoms. The average Bonchev–Trinajstić information content (AvgIpc) is 3.58. The number of methoxy groups -OCH3 is 1. The molecule has 3 aliphatic rings. The van der Waals surface area contributed by atoms with Crippen molar-refractivity contribution in [1.29, 1.82) is 0 Å². The maximum Gasteiger partial charge on any atom is 0.274 e. The van der Waals surface area contributed by atoms with Gasteiger partial charge >= 0.3 is 0 Å². The minimum atomic E-state index is -0.259. The fourth-order valence-corrected chi connectivity index (χ4v) is 4.80. The second-order valence-corrected chi connectivity index (χ2v) is 8.78. The summed E-state index contributed by atoms with van der Waals surface area (Å²) in [5.41, 5.74) is 1.07. The molecule has 3 N–H and O–H groups in total. The van der Waals surface area contributed by atoms with Crippen LogP contribution in [-0.2, 0) is 9.47 Å². The highest BCUT2D eigenvalue weighted by Gasteiger charge is 2.55. The Morgan fingerprint density at radius 2 is 2.12 bits per heavy atom. The normalized spacial score (nSPS) is 27.3. The van der Waals surface area contributed by atoms with Crippen LogP contribution in [0.4, 0.5) is 17.3 Å². The molecule has 5 atom stereocenters. The maximum absolute atomic E-state index is 13.1. The highest BCUT2D eigenvalue weighted by Crippen LogP contribution is 2.53. The molecular formula is C22H25N7O4. The molecule has 0 radical (unpaired) electrons. The third-order valence-electron chi connectivity index (χ3n) is 6.79. The standard InChI is InChI=1S/C22H25N7O4/c1-23-18-7-17(25-14-4-3-5-28(22(14)31)19-12-9-33-10-13(12)19)27-20-11(8-24-29(18)20)21(30)26-15-6-16(15)32-2/h3-5,7-8,12-13,15-16,19,23H,6,9-10H2,1-2H3,(H,25,27)(H,26,30)/t12-,13+,15?,16?,19+. The zero-order valence-electron chi connectivity index (χ0n) is 18.3. The van der Waals surface area contributed by atoms with Crippen molar-refractivity contribution in [3.8, 4) is 0 Å². The summed E-state index contributed by atoms with van der Waals surface area (Å²) in [5, 5.41) is 13.5. The Bertz CT molecular complexity index is 1290. The third kappa shape index (κ3) is 3.35. The van der Waals surface area contributed by atoms with Crippen LogP contribution in [-0.4, -0.2) is 64.6 Å². The summed E-state index contributed by atoms with van der Waals surface area (Å²) in [6.07, 6.45) is 4.16. The van der Waals surface area contributed by atoms with Crippen molar-refractivity contribution in [3.05, 3.63) is 46.5 Å². The topological polar surface area (TPSA) is 124 Å². The van der Waals surface area contributed by atoms with E-state index in [9.17, 15) is 9.59 Å². The van der Waals surface area contributed by atoms with Crippen LogP contribution in [0.25, 0.3) is 5.65 Å². The van der Waals surface area contributed by atoms with E-state index in [-0.39, 0.29) is 29.7 Å². The smallest absolute Gasteiger partial charge is 0.274 e. The Morgan fingerprint density at radius 1 is 1.30 bits per heavy atom. The van der Waals surface area contributed by atoms with E-state index in [1.54, 1.807) is 35.4 Å². The number of carbonyl (C=O) groups is 1. The van der Waals surface area contributed by atoms with E-state index < -0.39 is 0 Å². The van der Waals surface area contributed by atoms with Crippen LogP contribution in [0.1, 0.15) is 22.8 Å². The van der Waals surface area contributed by atoms with Crippen molar-refractivity contribution >= 4 is 28.9 Å². The van der Waals surface area contributed by atoms with Crippen LogP contribution in [0.5, 0.6) is 0 Å². The van der Waals surface area contributed by atoms with Crippen molar-refractivity contribution in [2.75, 3.05) is 38.0 Å². The lowest BCUT2D eigenvalue weighted by Gasteiger charge is -2.13. The molecule has 1 amide bonds. The molecule has 2 aliphatic carbocycles. The largest absolute Gasteiger partial charge is 0.381 e. The van der Waals surface area contributed by atoms with Crippen LogP contribution < -0.4 is 21.5 Å². The Labute approximate surface area is 189 Å². The maximum atomic E-state index is 13.1. The summed E-state index contributed by atoms with van der Waals surface area (Å²) >= 11 is 0. The van der Waals surface area contributed by atoms with Gasteiger partial charge in [-0.15, -0.1) is 0 Å². The summed E-state index contributed by atoms with van der Waals surface area (Å²) in [4.78, 5) is 30.6. The zero-order chi connectivity index (χ0) is 22.7. The number of fused-ring (bicyclic) bond motifs is 2. The minimum Gasteiger partial charge on any atom is -0.381 e. The van der Waals surface area contributed by atoms with Gasteiger partial charge in [0.2, 0.25) is 0 Å². The molecule has 1 aliphatic heterocycles. The number of ether oxygens (including phenoxy) is 2. The summed E-state index contributed by atoms with van der Waals surface area (Å²) in [6, 6.07) is 5.54. The van der Waals surface area contributed by atoms with Gasteiger partial charge in [0.05, 0.1) is 31.6 Å². The van der Waals surface area contributed by atoms with Crippen LogP contribution in [0.3, 0.4) is 0 Å². The predicted octanol–water partition coefficient (Wildman–Crippen LogP) is 1.01. The number of aromatic nitrogens is 4. The molecule has 172 valence electrons. The molecule has 0 aromatic carbocycles. The number of carbonyl (C=O) groups excluding carboxylic acids is 1. The van der Waals surface area contributed by atoms with Gasteiger partial charge in [-0.1, -0.05) is 0 Å². The van der Waals surface area contributed by atoms with Gasteiger partial charge in [0, 0.05) is 44.3 Å². The molecular weight excluding hydrogens is 426 g/mol. The fraction of sp³-hybridized carbons (Fsp3) is 0.455. The molecule has 2 saturated carbocycles. The molecule has 6 rings (SSSR count). The van der Waals surface area contributed by atoms with E-state index in [0.717, 1.165) is 6.42 Å². The Balaban J connectivity index is 1.31. The lowest BCUT2D eigenvalue weighted by Crippen LogP contribution is -2.28. The Hall–Kier alpha value is -3.44. The first-order valence-corrected chi connectivity index (χ1v) is 11.0. The SMILES string of the molecule is CNc1cc(Nc2cccn([C@H]3[C@@H]4COC[C@@H]43)c2=O)nc2c(C(=O)NC3CC3OC)cnn12. The lowest BCUT2D eigenvalue weighted by molar-refractivity contribution is 0.0936. The molecule has 2 unspecified atom stereocenters. The molecule has 4 heterocycles. The highest BCUT2D eigenvalue weighted by molar-refractivity contribution is 6.00. The molecule has 33 heavy (non-hydrogen) atoms. The van der Waals surface area contributed by atoms with Gasteiger partial charge in [-0.25, -0.2) is 4.98 Å².